The molecule has 1 aromatic carbocycles. The van der Waals surface area contributed by atoms with Gasteiger partial charge >= 0.3 is 5.97 Å². The topological polar surface area (TPSA) is 49.3 Å². The predicted octanol–water partition coefficient (Wildman–Crippen LogP) is 3.37. The van der Waals surface area contributed by atoms with Crippen molar-refractivity contribution in [2.24, 2.45) is 17.8 Å². The molecule has 0 aromatic heterocycles. The van der Waals surface area contributed by atoms with Crippen molar-refractivity contribution in [2.45, 2.75) is 44.7 Å². The summed E-state index contributed by atoms with van der Waals surface area (Å²) in [5, 5.41) is 12.7. The van der Waals surface area contributed by atoms with Crippen LogP contribution in [0.5, 0.6) is 0 Å². The molecule has 2 aliphatic rings. The highest BCUT2D eigenvalue weighted by Crippen LogP contribution is 2.49. The average molecular weight is 291 g/mol. The third-order valence-electron chi connectivity index (χ3n) is 5.31. The highest BCUT2D eigenvalue weighted by Gasteiger charge is 2.42. The normalized spacial score (nSPS) is 30.3. The van der Waals surface area contributed by atoms with Crippen molar-refractivity contribution in [1.29, 1.82) is 0 Å². The fourth-order valence-electron chi connectivity index (χ4n) is 4.26. The van der Waals surface area contributed by atoms with Gasteiger partial charge in [0.1, 0.15) is 11.9 Å². The van der Waals surface area contributed by atoms with E-state index in [4.69, 9.17) is 0 Å². The molecule has 3 nitrogen and oxygen atoms in total. The van der Waals surface area contributed by atoms with Gasteiger partial charge in [-0.05, 0) is 61.6 Å². The summed E-state index contributed by atoms with van der Waals surface area (Å²) < 4.78 is 13.0. The zero-order valence-corrected chi connectivity index (χ0v) is 12.3. The van der Waals surface area contributed by atoms with E-state index in [1.807, 2.05) is 0 Å². The summed E-state index contributed by atoms with van der Waals surface area (Å²) in [7, 11) is 0. The molecule has 2 bridgehead atoms. The number of rotatable bonds is 5. The highest BCUT2D eigenvalue weighted by atomic mass is 19.1. The molecule has 0 radical (unpaired) electrons. The molecule has 2 saturated carbocycles. The van der Waals surface area contributed by atoms with Crippen LogP contribution < -0.4 is 5.32 Å². The van der Waals surface area contributed by atoms with Crippen molar-refractivity contribution in [3.8, 4) is 0 Å². The Labute approximate surface area is 124 Å². The number of carbonyl (C=O) groups is 1. The molecule has 2 N–H and O–H groups in total. The molecule has 0 spiro atoms. The van der Waals surface area contributed by atoms with Gasteiger partial charge in [0.25, 0.3) is 0 Å². The predicted molar refractivity (Wildman–Crippen MR) is 78.3 cm³/mol. The van der Waals surface area contributed by atoms with E-state index in [1.165, 1.54) is 37.8 Å². The lowest BCUT2D eigenvalue weighted by atomic mass is 9.83. The van der Waals surface area contributed by atoms with Gasteiger partial charge in [0.15, 0.2) is 0 Å². The lowest BCUT2D eigenvalue weighted by Crippen LogP contribution is -2.41. The maximum Gasteiger partial charge on any atom is 0.325 e. The first-order chi connectivity index (χ1) is 10.0. The third-order valence-corrected chi connectivity index (χ3v) is 5.31. The van der Waals surface area contributed by atoms with E-state index in [0.29, 0.717) is 11.5 Å². The van der Waals surface area contributed by atoms with Crippen LogP contribution in [0.3, 0.4) is 0 Å². The van der Waals surface area contributed by atoms with E-state index in [0.717, 1.165) is 11.8 Å². The van der Waals surface area contributed by atoms with Crippen molar-refractivity contribution in [3.05, 3.63) is 35.6 Å². The first-order valence-electron chi connectivity index (χ1n) is 7.79. The fourth-order valence-corrected chi connectivity index (χ4v) is 4.26. The second-order valence-corrected chi connectivity index (χ2v) is 6.62. The van der Waals surface area contributed by atoms with Crippen molar-refractivity contribution in [3.63, 3.8) is 0 Å². The number of carboxylic acids is 1. The van der Waals surface area contributed by atoms with E-state index in [1.54, 1.807) is 12.1 Å². The summed E-state index contributed by atoms with van der Waals surface area (Å²) in [6, 6.07) is 5.14. The summed E-state index contributed by atoms with van der Waals surface area (Å²) in [5.74, 6) is 0.921. The van der Waals surface area contributed by atoms with Gasteiger partial charge in [0, 0.05) is 6.04 Å². The van der Waals surface area contributed by atoms with Crippen molar-refractivity contribution < 1.29 is 14.3 Å². The standard InChI is InChI=1S/C17H22FNO2/c1-10(15-9-11-2-3-13(15)8-11)19-16(17(20)21)12-4-6-14(18)7-5-12/h4-7,10-11,13,15-16,19H,2-3,8-9H2,1H3,(H,20,21). The minimum absolute atomic E-state index is 0.173. The van der Waals surface area contributed by atoms with E-state index in [-0.39, 0.29) is 11.9 Å². The number of hydrogen-bond donors (Lipinski definition) is 2. The Hall–Kier alpha value is -1.42. The molecular formula is C17H22FNO2. The van der Waals surface area contributed by atoms with E-state index in [2.05, 4.69) is 12.2 Å². The lowest BCUT2D eigenvalue weighted by Gasteiger charge is -2.31. The number of nitrogens with one attached hydrogen (secondary N) is 1. The van der Waals surface area contributed by atoms with Gasteiger partial charge in [-0.25, -0.2) is 4.39 Å². The molecule has 0 heterocycles. The molecule has 2 aliphatic carbocycles. The van der Waals surface area contributed by atoms with Gasteiger partial charge in [-0.1, -0.05) is 18.6 Å². The Kier molecular flexibility index (Phi) is 3.98. The zero-order valence-electron chi connectivity index (χ0n) is 12.3. The quantitative estimate of drug-likeness (QED) is 0.874. The largest absolute Gasteiger partial charge is 0.480 e. The second-order valence-electron chi connectivity index (χ2n) is 6.62. The van der Waals surface area contributed by atoms with Crippen molar-refractivity contribution in [2.75, 3.05) is 0 Å². The Bertz CT molecular complexity index is 516. The number of aliphatic carboxylic acids is 1. The van der Waals surface area contributed by atoms with Crippen molar-refractivity contribution in [1.82, 2.24) is 5.32 Å². The summed E-state index contributed by atoms with van der Waals surface area (Å²) >= 11 is 0. The summed E-state index contributed by atoms with van der Waals surface area (Å²) in [4.78, 5) is 11.5. The first-order valence-corrected chi connectivity index (χ1v) is 7.79. The minimum Gasteiger partial charge on any atom is -0.480 e. The first kappa shape index (κ1) is 14.5. The van der Waals surface area contributed by atoms with E-state index < -0.39 is 12.0 Å². The van der Waals surface area contributed by atoms with Crippen LogP contribution in [0.25, 0.3) is 0 Å². The third kappa shape index (κ3) is 2.95. The van der Waals surface area contributed by atoms with Gasteiger partial charge in [-0.3, -0.25) is 10.1 Å². The monoisotopic (exact) mass is 291 g/mol. The Morgan fingerprint density at radius 2 is 2.00 bits per heavy atom. The molecule has 1 aromatic rings. The smallest absolute Gasteiger partial charge is 0.325 e. The molecule has 3 rings (SSSR count). The maximum atomic E-state index is 13.0. The second kappa shape index (κ2) is 5.76. The van der Waals surface area contributed by atoms with Gasteiger partial charge < -0.3 is 5.11 Å². The van der Waals surface area contributed by atoms with Crippen molar-refractivity contribution >= 4 is 5.97 Å². The van der Waals surface area contributed by atoms with E-state index >= 15 is 0 Å². The highest BCUT2D eigenvalue weighted by molar-refractivity contribution is 5.75. The van der Waals surface area contributed by atoms with Gasteiger partial charge in [-0.2, -0.15) is 0 Å². The van der Waals surface area contributed by atoms with Gasteiger partial charge in [0.05, 0.1) is 0 Å². The average Bonchev–Trinajstić information content (AvgIpc) is 3.08. The zero-order chi connectivity index (χ0) is 15.0. The minimum atomic E-state index is -0.906. The summed E-state index contributed by atoms with van der Waals surface area (Å²) in [6.45, 7) is 2.09. The van der Waals surface area contributed by atoms with Gasteiger partial charge in [-0.15, -0.1) is 0 Å². The van der Waals surface area contributed by atoms with Crippen LogP contribution in [0.1, 0.15) is 44.2 Å². The number of halogens is 1. The number of hydrogen-bond acceptors (Lipinski definition) is 2. The van der Waals surface area contributed by atoms with Crippen LogP contribution in [0.4, 0.5) is 4.39 Å². The fraction of sp³-hybridized carbons (Fsp3) is 0.588. The molecule has 21 heavy (non-hydrogen) atoms. The SMILES string of the molecule is CC(NC(C(=O)O)c1ccc(F)cc1)C1CC2CCC1C2. The van der Waals surface area contributed by atoms with Gasteiger partial charge in [0.2, 0.25) is 0 Å². The van der Waals surface area contributed by atoms with Crippen LogP contribution >= 0.6 is 0 Å². The molecule has 5 unspecified atom stereocenters. The Balaban J connectivity index is 1.70. The van der Waals surface area contributed by atoms with Crippen LogP contribution in [-0.2, 0) is 4.79 Å². The van der Waals surface area contributed by atoms with E-state index in [9.17, 15) is 14.3 Å². The lowest BCUT2D eigenvalue weighted by molar-refractivity contribution is -0.140. The molecule has 2 fully saturated rings. The van der Waals surface area contributed by atoms with Crippen LogP contribution in [-0.4, -0.2) is 17.1 Å². The molecule has 5 atom stereocenters. The van der Waals surface area contributed by atoms with Crippen LogP contribution in [0.15, 0.2) is 24.3 Å². The number of fused-ring (bicyclic) bond motifs is 2. The van der Waals surface area contributed by atoms with Crippen LogP contribution in [0, 0.1) is 23.6 Å². The molecule has 0 saturated heterocycles. The Morgan fingerprint density at radius 3 is 2.52 bits per heavy atom. The number of carboxylic acid groups (broad SMARTS) is 1. The molecule has 0 aliphatic heterocycles. The molecule has 114 valence electrons. The molecule has 0 amide bonds. The molecular weight excluding hydrogens is 269 g/mol. The number of benzene rings is 1. The maximum absolute atomic E-state index is 13.0. The van der Waals surface area contributed by atoms with Crippen LogP contribution in [0.2, 0.25) is 0 Å². The summed E-state index contributed by atoms with van der Waals surface area (Å²) in [5.41, 5.74) is 0.610. The molecule has 4 heteroatoms. The summed E-state index contributed by atoms with van der Waals surface area (Å²) in [6.07, 6.45) is 5.16. The Morgan fingerprint density at radius 1 is 1.29 bits per heavy atom.